The van der Waals surface area contributed by atoms with E-state index in [0.717, 1.165) is 17.6 Å². The lowest BCUT2D eigenvalue weighted by Crippen LogP contribution is -2.35. The van der Waals surface area contributed by atoms with E-state index in [-0.39, 0.29) is 12.5 Å². The fraction of sp³-hybridized carbons (Fsp3) is 0.429. The molecule has 0 radical (unpaired) electrons. The lowest BCUT2D eigenvalue weighted by Gasteiger charge is -2.16. The smallest absolute Gasteiger partial charge is 0.295 e. The van der Waals surface area contributed by atoms with E-state index in [1.54, 1.807) is 10.9 Å². The maximum absolute atomic E-state index is 10.7. The van der Waals surface area contributed by atoms with Crippen LogP contribution in [0.1, 0.15) is 24.3 Å². The van der Waals surface area contributed by atoms with E-state index in [0.29, 0.717) is 36.0 Å². The summed E-state index contributed by atoms with van der Waals surface area (Å²) in [5, 5.41) is 24.3. The molecule has 1 aromatic carbocycles. The van der Waals surface area contributed by atoms with Crippen LogP contribution in [0.25, 0.3) is 22.3 Å². The molecule has 3 unspecified atom stereocenters. The Bertz CT molecular complexity index is 1220. The highest BCUT2D eigenvalue weighted by molar-refractivity contribution is 5.74. The van der Waals surface area contributed by atoms with E-state index in [1.807, 2.05) is 24.3 Å². The average molecular weight is 438 g/mol. The van der Waals surface area contributed by atoms with Gasteiger partial charge in [-0.3, -0.25) is 4.57 Å². The number of nitrogens with one attached hydrogen (secondary N) is 1. The number of fused-ring (bicyclic) bond motifs is 2. The van der Waals surface area contributed by atoms with Gasteiger partial charge in [-0.05, 0) is 18.6 Å². The maximum Gasteiger partial charge on any atom is 0.295 e. The Hall–Kier alpha value is -3.12. The summed E-state index contributed by atoms with van der Waals surface area (Å²) in [5.74, 6) is 0.164. The molecule has 5 atom stereocenters. The summed E-state index contributed by atoms with van der Waals surface area (Å²) in [6.07, 6.45) is 0.132. The number of oxazole rings is 1. The van der Waals surface area contributed by atoms with Crippen molar-refractivity contribution in [3.8, 4) is 0 Å². The van der Waals surface area contributed by atoms with E-state index >= 15 is 0 Å². The molecule has 11 heteroatoms. The van der Waals surface area contributed by atoms with Crippen LogP contribution in [0, 0.1) is 0 Å². The molecular weight excluding hydrogens is 416 g/mol. The lowest BCUT2D eigenvalue weighted by molar-refractivity contribution is -0.0313. The fourth-order valence-corrected chi connectivity index (χ4v) is 4.37. The number of aliphatic hydroxyl groups is 2. The SMILES string of the molecule is OC1[C@H](O)C(n2cnc3c(C4CCOC4)ncnc32)O[C@@H]1CNc1nc2ccccc2o1. The number of aliphatic hydroxyl groups excluding tert-OH is 2. The number of imidazole rings is 1. The molecule has 166 valence electrons. The Kier molecular flexibility index (Phi) is 4.76. The first kappa shape index (κ1) is 19.6. The Morgan fingerprint density at radius 2 is 2.03 bits per heavy atom. The molecule has 0 amide bonds. The van der Waals surface area contributed by atoms with Crippen LogP contribution in [0.3, 0.4) is 0 Å². The van der Waals surface area contributed by atoms with E-state index < -0.39 is 24.5 Å². The van der Waals surface area contributed by atoms with Crippen LogP contribution < -0.4 is 5.32 Å². The molecule has 0 saturated carbocycles. The molecular formula is C21H22N6O5. The maximum atomic E-state index is 10.7. The molecule has 3 N–H and O–H groups in total. The zero-order chi connectivity index (χ0) is 21.7. The van der Waals surface area contributed by atoms with E-state index in [2.05, 4.69) is 25.3 Å². The molecule has 4 aromatic rings. The molecule has 0 aliphatic carbocycles. The summed E-state index contributed by atoms with van der Waals surface area (Å²) in [6.45, 7) is 1.50. The van der Waals surface area contributed by atoms with E-state index in [1.165, 1.54) is 6.33 Å². The zero-order valence-electron chi connectivity index (χ0n) is 17.0. The van der Waals surface area contributed by atoms with Crippen LogP contribution in [-0.2, 0) is 9.47 Å². The summed E-state index contributed by atoms with van der Waals surface area (Å²) in [4.78, 5) is 17.6. The number of hydrogen-bond donors (Lipinski definition) is 3. The van der Waals surface area contributed by atoms with E-state index in [4.69, 9.17) is 13.9 Å². The lowest BCUT2D eigenvalue weighted by atomic mass is 10.0. The normalized spacial score (nSPS) is 28.1. The summed E-state index contributed by atoms with van der Waals surface area (Å²) >= 11 is 0. The van der Waals surface area contributed by atoms with Crippen molar-refractivity contribution in [2.75, 3.05) is 25.1 Å². The van der Waals surface area contributed by atoms with Crippen molar-refractivity contribution in [3.63, 3.8) is 0 Å². The predicted molar refractivity (Wildman–Crippen MR) is 112 cm³/mol. The summed E-state index contributed by atoms with van der Waals surface area (Å²) < 4.78 is 18.8. The molecule has 0 spiro atoms. The Balaban J connectivity index is 1.22. The molecule has 11 nitrogen and oxygen atoms in total. The minimum absolute atomic E-state index is 0.164. The standard InChI is InChI=1S/C21H22N6O5/c28-17-14(7-22-21-26-12-3-1-2-4-13(12)32-21)31-20(18(17)29)27-10-25-16-15(11-5-6-30-8-11)23-9-24-19(16)27/h1-4,9-11,14,17-18,20,28-29H,5-8H2,(H,22,26)/t11?,14-,17?,18+,20?/m1/s1. The molecule has 32 heavy (non-hydrogen) atoms. The van der Waals surface area contributed by atoms with Crippen molar-refractivity contribution >= 4 is 28.3 Å². The molecule has 2 fully saturated rings. The van der Waals surface area contributed by atoms with Crippen molar-refractivity contribution in [1.82, 2.24) is 24.5 Å². The van der Waals surface area contributed by atoms with Gasteiger partial charge in [0.2, 0.25) is 0 Å². The van der Waals surface area contributed by atoms with Gasteiger partial charge in [-0.25, -0.2) is 15.0 Å². The average Bonchev–Trinajstić information content (AvgIpc) is 3.60. The topological polar surface area (TPSA) is 141 Å². The van der Waals surface area contributed by atoms with Gasteiger partial charge in [-0.1, -0.05) is 12.1 Å². The van der Waals surface area contributed by atoms with Gasteiger partial charge in [0.25, 0.3) is 6.01 Å². The van der Waals surface area contributed by atoms with Gasteiger partial charge in [0.1, 0.15) is 35.7 Å². The second kappa shape index (κ2) is 7.78. The van der Waals surface area contributed by atoms with Gasteiger partial charge in [-0.15, -0.1) is 0 Å². The number of benzene rings is 1. The van der Waals surface area contributed by atoms with Crippen LogP contribution in [0.2, 0.25) is 0 Å². The second-order valence-electron chi connectivity index (χ2n) is 8.06. The van der Waals surface area contributed by atoms with Crippen molar-refractivity contribution in [2.24, 2.45) is 0 Å². The largest absolute Gasteiger partial charge is 0.424 e. The molecule has 2 aliphatic rings. The Morgan fingerprint density at radius 3 is 2.88 bits per heavy atom. The molecule has 6 rings (SSSR count). The second-order valence-corrected chi connectivity index (χ2v) is 8.06. The number of anilines is 1. The molecule has 0 bridgehead atoms. The van der Waals surface area contributed by atoms with Crippen molar-refractivity contribution in [3.05, 3.63) is 42.6 Å². The number of rotatable bonds is 5. The first-order valence-electron chi connectivity index (χ1n) is 10.6. The van der Waals surface area contributed by atoms with Crippen LogP contribution in [0.5, 0.6) is 0 Å². The first-order valence-corrected chi connectivity index (χ1v) is 10.6. The third-order valence-electron chi connectivity index (χ3n) is 6.06. The number of aromatic nitrogens is 5. The van der Waals surface area contributed by atoms with Gasteiger partial charge < -0.3 is 29.4 Å². The minimum atomic E-state index is -1.16. The number of para-hydroxylation sites is 2. The molecule has 5 heterocycles. The van der Waals surface area contributed by atoms with Crippen LogP contribution in [-0.4, -0.2) is 72.8 Å². The quantitative estimate of drug-likeness (QED) is 0.416. The highest BCUT2D eigenvalue weighted by Gasteiger charge is 2.44. The molecule has 2 saturated heterocycles. The number of ether oxygens (including phenoxy) is 2. The van der Waals surface area contributed by atoms with Crippen molar-refractivity contribution in [2.45, 2.75) is 36.9 Å². The summed E-state index contributed by atoms with van der Waals surface area (Å²) in [7, 11) is 0. The third kappa shape index (κ3) is 3.21. The van der Waals surface area contributed by atoms with Gasteiger partial charge in [0.15, 0.2) is 17.5 Å². The minimum Gasteiger partial charge on any atom is -0.424 e. The molecule has 2 aliphatic heterocycles. The number of hydrogen-bond acceptors (Lipinski definition) is 10. The first-order chi connectivity index (χ1) is 15.7. The highest BCUT2D eigenvalue weighted by atomic mass is 16.6. The Labute approximate surface area is 182 Å². The van der Waals surface area contributed by atoms with Gasteiger partial charge in [-0.2, -0.15) is 4.98 Å². The van der Waals surface area contributed by atoms with Crippen LogP contribution in [0.4, 0.5) is 6.01 Å². The van der Waals surface area contributed by atoms with Crippen LogP contribution >= 0.6 is 0 Å². The van der Waals surface area contributed by atoms with Crippen LogP contribution in [0.15, 0.2) is 41.3 Å². The summed E-state index contributed by atoms with van der Waals surface area (Å²) in [6, 6.07) is 7.74. The zero-order valence-corrected chi connectivity index (χ0v) is 17.0. The van der Waals surface area contributed by atoms with E-state index in [9.17, 15) is 10.2 Å². The van der Waals surface area contributed by atoms with Crippen molar-refractivity contribution in [1.29, 1.82) is 0 Å². The number of nitrogens with zero attached hydrogens (tertiary/aromatic N) is 5. The fourth-order valence-electron chi connectivity index (χ4n) is 4.37. The molecule has 3 aromatic heterocycles. The third-order valence-corrected chi connectivity index (χ3v) is 6.06. The van der Waals surface area contributed by atoms with Gasteiger partial charge in [0, 0.05) is 19.1 Å². The Morgan fingerprint density at radius 1 is 1.12 bits per heavy atom. The van der Waals surface area contributed by atoms with Gasteiger partial charge >= 0.3 is 0 Å². The highest BCUT2D eigenvalue weighted by Crippen LogP contribution is 2.34. The van der Waals surface area contributed by atoms with Crippen molar-refractivity contribution < 1.29 is 24.1 Å². The predicted octanol–water partition coefficient (Wildman–Crippen LogP) is 1.20. The van der Waals surface area contributed by atoms with Gasteiger partial charge in [0.05, 0.1) is 18.6 Å². The summed E-state index contributed by atoms with van der Waals surface area (Å²) in [5.41, 5.74) is 3.42. The monoisotopic (exact) mass is 438 g/mol.